The molecular weight excluding hydrogens is 496 g/mol. The number of alkyl halides is 3. The lowest BCUT2D eigenvalue weighted by atomic mass is 9.76. The summed E-state index contributed by atoms with van der Waals surface area (Å²) in [4.78, 5) is 25.5. The van der Waals surface area contributed by atoms with E-state index in [2.05, 4.69) is 5.32 Å². The predicted molar refractivity (Wildman–Crippen MR) is 123 cm³/mol. The molecule has 3 rings (SSSR count). The number of nitrogens with zero attached hydrogens (tertiary/aromatic N) is 1. The van der Waals surface area contributed by atoms with Crippen molar-refractivity contribution in [2.24, 2.45) is 0 Å². The van der Waals surface area contributed by atoms with Crippen molar-refractivity contribution < 1.29 is 22.8 Å². The standard InChI is InChI=1S/C23H19Cl2F3N2O2S/c1-13-5-14(3-4-18(13)20(32)30-21(2)11-33-12-21)19(31)9-22(10-29,23(26,27)28)15-6-16(24)8-17(25)7-15/h3-8H,9,11-12H2,1-2H3,(H,30,32). The van der Waals surface area contributed by atoms with Crippen LogP contribution in [0.5, 0.6) is 0 Å². The largest absolute Gasteiger partial charge is 0.411 e. The third-order valence-corrected chi connectivity index (χ3v) is 7.62. The van der Waals surface area contributed by atoms with Gasteiger partial charge in [-0.05, 0) is 55.3 Å². The monoisotopic (exact) mass is 514 g/mol. The Morgan fingerprint density at radius 3 is 2.21 bits per heavy atom. The van der Waals surface area contributed by atoms with Crippen LogP contribution in [0.25, 0.3) is 0 Å². The van der Waals surface area contributed by atoms with E-state index in [9.17, 15) is 28.0 Å². The zero-order chi connectivity index (χ0) is 24.6. The van der Waals surface area contributed by atoms with Gasteiger partial charge in [0.05, 0.1) is 11.6 Å². The van der Waals surface area contributed by atoms with E-state index in [1.807, 2.05) is 6.92 Å². The second-order valence-electron chi connectivity index (χ2n) is 8.31. The van der Waals surface area contributed by atoms with Crippen molar-refractivity contribution in [1.29, 1.82) is 5.26 Å². The number of rotatable bonds is 6. The lowest BCUT2D eigenvalue weighted by Crippen LogP contribution is -2.55. The molecule has 1 aliphatic heterocycles. The van der Waals surface area contributed by atoms with Crippen molar-refractivity contribution in [1.82, 2.24) is 5.32 Å². The summed E-state index contributed by atoms with van der Waals surface area (Å²) in [6.45, 7) is 3.52. The molecule has 174 valence electrons. The van der Waals surface area contributed by atoms with Crippen LogP contribution < -0.4 is 5.32 Å². The van der Waals surface area contributed by atoms with Crippen LogP contribution in [-0.2, 0) is 5.41 Å². The number of nitriles is 1. The molecule has 1 aliphatic rings. The van der Waals surface area contributed by atoms with Gasteiger partial charge < -0.3 is 5.32 Å². The Hall–Kier alpha value is -2.21. The quantitative estimate of drug-likeness (QED) is 0.470. The molecule has 33 heavy (non-hydrogen) atoms. The van der Waals surface area contributed by atoms with Gasteiger partial charge in [-0.25, -0.2) is 0 Å². The minimum absolute atomic E-state index is 0.0357. The van der Waals surface area contributed by atoms with Gasteiger partial charge in [0.1, 0.15) is 0 Å². The van der Waals surface area contributed by atoms with E-state index < -0.39 is 29.4 Å². The van der Waals surface area contributed by atoms with Gasteiger partial charge in [0.25, 0.3) is 5.91 Å². The van der Waals surface area contributed by atoms with E-state index in [0.717, 1.165) is 23.6 Å². The number of ketones is 1. The van der Waals surface area contributed by atoms with E-state index in [1.165, 1.54) is 30.3 Å². The maximum Gasteiger partial charge on any atom is 0.411 e. The first kappa shape index (κ1) is 25.4. The Bertz CT molecular complexity index is 1140. The minimum Gasteiger partial charge on any atom is -0.345 e. The van der Waals surface area contributed by atoms with Gasteiger partial charge in [-0.15, -0.1) is 0 Å². The molecule has 1 N–H and O–H groups in total. The fourth-order valence-electron chi connectivity index (χ4n) is 3.59. The molecule has 1 saturated heterocycles. The first-order valence-electron chi connectivity index (χ1n) is 9.79. The summed E-state index contributed by atoms with van der Waals surface area (Å²) in [6.07, 6.45) is -6.24. The van der Waals surface area contributed by atoms with Gasteiger partial charge >= 0.3 is 6.18 Å². The Kier molecular flexibility index (Phi) is 7.09. The maximum atomic E-state index is 14.1. The van der Waals surface area contributed by atoms with Gasteiger partial charge in [-0.1, -0.05) is 29.3 Å². The molecule has 2 aromatic carbocycles. The lowest BCUT2D eigenvalue weighted by molar-refractivity contribution is -0.172. The zero-order valence-electron chi connectivity index (χ0n) is 17.6. The molecule has 0 aliphatic carbocycles. The molecule has 0 bridgehead atoms. The number of hydrogen-bond acceptors (Lipinski definition) is 4. The SMILES string of the molecule is Cc1cc(C(=O)CC(C#N)(c2cc(Cl)cc(Cl)c2)C(F)(F)F)ccc1C(=O)NC1(C)CSC1. The summed E-state index contributed by atoms with van der Waals surface area (Å²) in [5.74, 6) is 0.359. The highest BCUT2D eigenvalue weighted by Gasteiger charge is 2.58. The number of Topliss-reactive ketones (excluding diaryl/α,β-unsaturated/α-hetero) is 1. The van der Waals surface area contributed by atoms with Gasteiger partial charge in [0.15, 0.2) is 11.2 Å². The van der Waals surface area contributed by atoms with Crippen molar-refractivity contribution in [3.63, 3.8) is 0 Å². The van der Waals surface area contributed by atoms with Crippen LogP contribution in [-0.4, -0.2) is 34.9 Å². The molecule has 1 fully saturated rings. The van der Waals surface area contributed by atoms with Gasteiger partial charge in [0, 0.05) is 39.1 Å². The third-order valence-electron chi connectivity index (χ3n) is 5.51. The highest BCUT2D eigenvalue weighted by molar-refractivity contribution is 8.00. The van der Waals surface area contributed by atoms with Crippen LogP contribution in [0.15, 0.2) is 36.4 Å². The van der Waals surface area contributed by atoms with E-state index in [1.54, 1.807) is 18.7 Å². The normalized spacial score (nSPS) is 16.8. The van der Waals surface area contributed by atoms with Crippen LogP contribution in [0.4, 0.5) is 13.2 Å². The molecule has 0 saturated carbocycles. The van der Waals surface area contributed by atoms with E-state index in [4.69, 9.17) is 23.2 Å². The van der Waals surface area contributed by atoms with Gasteiger partial charge in [-0.3, -0.25) is 9.59 Å². The van der Waals surface area contributed by atoms with Gasteiger partial charge in [0.2, 0.25) is 0 Å². The fourth-order valence-corrected chi connectivity index (χ4v) is 5.08. The number of carbonyl (C=O) groups is 2. The number of aryl methyl sites for hydroxylation is 1. The second-order valence-corrected chi connectivity index (χ2v) is 10.2. The number of hydrogen-bond donors (Lipinski definition) is 1. The van der Waals surface area contributed by atoms with Crippen LogP contribution in [0.3, 0.4) is 0 Å². The van der Waals surface area contributed by atoms with Crippen molar-refractivity contribution >= 4 is 46.7 Å². The summed E-state index contributed by atoms with van der Waals surface area (Å²) >= 11 is 13.4. The van der Waals surface area contributed by atoms with Crippen molar-refractivity contribution in [3.8, 4) is 6.07 Å². The lowest BCUT2D eigenvalue weighted by Gasteiger charge is -2.38. The van der Waals surface area contributed by atoms with Crippen LogP contribution in [0.1, 0.15) is 45.2 Å². The number of carbonyl (C=O) groups excluding carboxylic acids is 2. The predicted octanol–water partition coefficient (Wildman–Crippen LogP) is 6.13. The third kappa shape index (κ3) is 5.16. The van der Waals surface area contributed by atoms with Gasteiger partial charge in [-0.2, -0.15) is 30.2 Å². The molecule has 1 unspecified atom stereocenters. The van der Waals surface area contributed by atoms with Crippen LogP contribution in [0, 0.1) is 18.3 Å². The van der Waals surface area contributed by atoms with E-state index in [0.29, 0.717) is 11.1 Å². The van der Waals surface area contributed by atoms with E-state index >= 15 is 0 Å². The molecule has 0 radical (unpaired) electrons. The topological polar surface area (TPSA) is 70.0 Å². The molecule has 10 heteroatoms. The summed E-state index contributed by atoms with van der Waals surface area (Å²) in [5, 5.41) is 12.4. The Morgan fingerprint density at radius 1 is 1.15 bits per heavy atom. The average molecular weight is 515 g/mol. The first-order chi connectivity index (χ1) is 15.3. The maximum absolute atomic E-state index is 14.1. The smallest absolute Gasteiger partial charge is 0.345 e. The summed E-state index contributed by atoms with van der Waals surface area (Å²) in [6, 6.07) is 8.55. The summed E-state index contributed by atoms with van der Waals surface area (Å²) < 4.78 is 42.4. The Balaban J connectivity index is 1.92. The van der Waals surface area contributed by atoms with Crippen molar-refractivity contribution in [2.45, 2.75) is 37.4 Å². The first-order valence-corrected chi connectivity index (χ1v) is 11.7. The van der Waals surface area contributed by atoms with Crippen LogP contribution >= 0.6 is 35.0 Å². The molecular formula is C23H19Cl2F3N2O2S. The average Bonchev–Trinajstić information content (AvgIpc) is 2.68. The Labute approximate surface area is 203 Å². The molecule has 1 atom stereocenters. The molecule has 0 aromatic heterocycles. The molecule has 0 spiro atoms. The number of halogens is 5. The molecule has 1 amide bonds. The van der Waals surface area contributed by atoms with Crippen LogP contribution in [0.2, 0.25) is 10.0 Å². The fraction of sp³-hybridized carbons (Fsp3) is 0.348. The molecule has 1 heterocycles. The molecule has 2 aromatic rings. The van der Waals surface area contributed by atoms with Crippen molar-refractivity contribution in [3.05, 3.63) is 68.7 Å². The minimum atomic E-state index is -5.07. The summed E-state index contributed by atoms with van der Waals surface area (Å²) in [5.41, 5.74) is -3.23. The number of thioether (sulfide) groups is 1. The van der Waals surface area contributed by atoms with Crippen molar-refractivity contribution in [2.75, 3.05) is 11.5 Å². The highest BCUT2D eigenvalue weighted by atomic mass is 35.5. The van der Waals surface area contributed by atoms with E-state index in [-0.39, 0.29) is 27.1 Å². The summed E-state index contributed by atoms with van der Waals surface area (Å²) in [7, 11) is 0. The zero-order valence-corrected chi connectivity index (χ0v) is 20.0. The molecule has 4 nitrogen and oxygen atoms in total. The number of benzene rings is 2. The Morgan fingerprint density at radius 2 is 1.76 bits per heavy atom. The second kappa shape index (κ2) is 9.21. The number of amides is 1. The number of nitrogens with one attached hydrogen (secondary N) is 1. The highest BCUT2D eigenvalue weighted by Crippen LogP contribution is 2.45.